The summed E-state index contributed by atoms with van der Waals surface area (Å²) in [4.78, 5) is 41.8. The summed E-state index contributed by atoms with van der Waals surface area (Å²) < 4.78 is 12.1. The van der Waals surface area contributed by atoms with E-state index in [1.807, 2.05) is 32.2 Å². The number of allylic oxidation sites excluding steroid dienone is 1. The maximum atomic E-state index is 13.8. The van der Waals surface area contributed by atoms with Gasteiger partial charge in [0.2, 0.25) is 0 Å². The van der Waals surface area contributed by atoms with E-state index in [-0.39, 0.29) is 35.2 Å². The number of Topliss-reactive ketones (excluding diaryl/α,β-unsaturated/α-hetero) is 1. The third kappa shape index (κ3) is 12.9. The van der Waals surface area contributed by atoms with Crippen LogP contribution in [-0.2, 0) is 23.5 Å². The number of rotatable bonds is 18. The van der Waals surface area contributed by atoms with E-state index < -0.39 is 37.8 Å². The van der Waals surface area contributed by atoms with E-state index in [0.717, 1.165) is 41.1 Å². The Morgan fingerprint density at radius 3 is 2.18 bits per heavy atom. The predicted molar refractivity (Wildman–Crippen MR) is 186 cm³/mol. The molecule has 1 aromatic heterocycles. The molecule has 1 heterocycles. The van der Waals surface area contributed by atoms with Gasteiger partial charge in [0.05, 0.1) is 29.3 Å². The number of carbonyl (C=O) groups excluding carboxylic acids is 2. The van der Waals surface area contributed by atoms with E-state index in [1.165, 1.54) is 6.92 Å². The largest absolute Gasteiger partial charge is 0.481 e. The van der Waals surface area contributed by atoms with Crippen LogP contribution < -0.4 is 0 Å². The zero-order valence-electron chi connectivity index (χ0n) is 29.9. The van der Waals surface area contributed by atoms with Gasteiger partial charge in [0.1, 0.15) is 11.9 Å². The molecule has 0 saturated heterocycles. The number of nitrogens with zero attached hydrogens (tertiary/aromatic N) is 1. The molecule has 0 aliphatic rings. The highest BCUT2D eigenvalue weighted by Gasteiger charge is 2.48. The number of aliphatic hydroxyl groups is 1. The Bertz CT molecular complexity index is 1210. The summed E-state index contributed by atoms with van der Waals surface area (Å²) in [5.41, 5.74) is 1.86. The molecule has 5 unspecified atom stereocenters. The fourth-order valence-corrected chi connectivity index (χ4v) is 7.13. The van der Waals surface area contributed by atoms with Crippen molar-refractivity contribution < 1.29 is 33.8 Å². The minimum absolute atomic E-state index is 0.132. The number of aromatic nitrogens is 1. The molecule has 1 aromatic rings. The molecule has 0 aliphatic carbocycles. The van der Waals surface area contributed by atoms with Crippen LogP contribution in [0.2, 0.25) is 18.1 Å². The molecule has 0 fully saturated rings. The van der Waals surface area contributed by atoms with Gasteiger partial charge >= 0.3 is 11.9 Å². The lowest BCUT2D eigenvalue weighted by atomic mass is 9.73. The van der Waals surface area contributed by atoms with E-state index in [4.69, 9.17) is 9.16 Å². The number of ether oxygens (including phenoxy) is 1. The molecule has 8 nitrogen and oxygen atoms in total. The fourth-order valence-electron chi connectivity index (χ4n) is 5.11. The number of ketones is 1. The van der Waals surface area contributed by atoms with Gasteiger partial charge in [0.15, 0.2) is 8.32 Å². The smallest absolute Gasteiger partial charge is 0.305 e. The van der Waals surface area contributed by atoms with Crippen molar-refractivity contribution in [2.75, 3.05) is 0 Å². The summed E-state index contributed by atoms with van der Waals surface area (Å²) in [5, 5.41) is 23.7. The standard InChI is InChI=1S/C35H59NO7SSi/c1-22(17-18-29(42-27(6)37)24(3)19-28-21-44-26(5)36-28)15-14-16-23(2)32(40)25(4)33(41)35(10,11)30(20-31(38)39)43-45(12,13)34(7,8)9/h17,19,21,23,25,29-30,32,40H,14-16,18,20H2,1-13H3,(H,38,39). The van der Waals surface area contributed by atoms with Crippen molar-refractivity contribution in [3.63, 3.8) is 0 Å². The third-order valence-electron chi connectivity index (χ3n) is 9.29. The van der Waals surface area contributed by atoms with Crippen LogP contribution in [0.4, 0.5) is 0 Å². The molecule has 0 saturated carbocycles. The number of aliphatic carboxylic acids is 1. The van der Waals surface area contributed by atoms with Crippen molar-refractivity contribution in [1.82, 2.24) is 4.98 Å². The van der Waals surface area contributed by atoms with Crippen molar-refractivity contribution in [2.45, 2.75) is 145 Å². The molecule has 0 aromatic carbocycles. The summed E-state index contributed by atoms with van der Waals surface area (Å²) >= 11 is 1.58. The number of carbonyl (C=O) groups is 3. The Kier molecular flexibility index (Phi) is 15.6. The highest BCUT2D eigenvalue weighted by atomic mass is 32.1. The van der Waals surface area contributed by atoms with Gasteiger partial charge in [0.25, 0.3) is 0 Å². The summed E-state index contributed by atoms with van der Waals surface area (Å²) in [6, 6.07) is 0. The molecule has 0 spiro atoms. The normalized spacial score (nSPS) is 16.9. The summed E-state index contributed by atoms with van der Waals surface area (Å²) in [6.45, 7) is 24.9. The van der Waals surface area contributed by atoms with Gasteiger partial charge in [-0.2, -0.15) is 0 Å². The average Bonchev–Trinajstić information content (AvgIpc) is 3.31. The van der Waals surface area contributed by atoms with Gasteiger partial charge in [-0.25, -0.2) is 4.98 Å². The Balaban J connectivity index is 2.86. The van der Waals surface area contributed by atoms with Gasteiger partial charge in [-0.05, 0) is 75.7 Å². The topological polar surface area (TPSA) is 123 Å². The molecular weight excluding hydrogens is 607 g/mol. The molecular formula is C35H59NO7SSi. The summed E-state index contributed by atoms with van der Waals surface area (Å²) in [7, 11) is -2.36. The summed E-state index contributed by atoms with van der Waals surface area (Å²) in [5.74, 6) is -2.33. The minimum Gasteiger partial charge on any atom is -0.481 e. The Hall–Kier alpha value is -2.14. The molecule has 0 amide bonds. The number of esters is 1. The van der Waals surface area contributed by atoms with Crippen molar-refractivity contribution in [2.24, 2.45) is 17.3 Å². The zero-order valence-corrected chi connectivity index (χ0v) is 31.8. The minimum atomic E-state index is -2.36. The van der Waals surface area contributed by atoms with E-state index in [1.54, 1.807) is 32.1 Å². The zero-order chi connectivity index (χ0) is 34.9. The number of hydrogen-bond donors (Lipinski definition) is 2. The Morgan fingerprint density at radius 1 is 1.09 bits per heavy atom. The van der Waals surface area contributed by atoms with E-state index >= 15 is 0 Å². The Morgan fingerprint density at radius 2 is 1.69 bits per heavy atom. The lowest BCUT2D eigenvalue weighted by Crippen LogP contribution is -2.52. The fraction of sp³-hybridized carbons (Fsp3) is 0.714. The molecule has 0 bridgehead atoms. The van der Waals surface area contributed by atoms with Crippen LogP contribution in [-0.4, -0.2) is 59.5 Å². The number of thiazole rings is 1. The number of hydrogen-bond acceptors (Lipinski definition) is 8. The molecule has 0 radical (unpaired) electrons. The van der Waals surface area contributed by atoms with Gasteiger partial charge in [-0.15, -0.1) is 11.3 Å². The Labute approximate surface area is 276 Å². The molecule has 5 atom stereocenters. The maximum absolute atomic E-state index is 13.8. The highest BCUT2D eigenvalue weighted by molar-refractivity contribution is 7.09. The van der Waals surface area contributed by atoms with Crippen LogP contribution in [0.25, 0.3) is 6.08 Å². The first-order chi connectivity index (χ1) is 20.5. The SMILES string of the molecule is CC(=O)OC(CC=C(C)CCCC(C)C(O)C(C)C(=O)C(C)(C)C(CC(=O)O)O[Si](C)(C)C(C)(C)C)C(C)=Cc1csc(C)n1. The molecule has 256 valence electrons. The van der Waals surface area contributed by atoms with E-state index in [0.29, 0.717) is 6.42 Å². The van der Waals surface area contributed by atoms with E-state index in [2.05, 4.69) is 51.8 Å². The van der Waals surface area contributed by atoms with Crippen molar-refractivity contribution in [3.8, 4) is 0 Å². The second-order valence-electron chi connectivity index (χ2n) is 14.8. The van der Waals surface area contributed by atoms with Crippen LogP contribution >= 0.6 is 11.3 Å². The molecule has 10 heteroatoms. The number of carboxylic acid groups (broad SMARTS) is 1. The highest BCUT2D eigenvalue weighted by Crippen LogP contribution is 2.42. The van der Waals surface area contributed by atoms with Crippen molar-refractivity contribution >= 4 is 43.5 Å². The van der Waals surface area contributed by atoms with Crippen molar-refractivity contribution in [1.29, 1.82) is 0 Å². The van der Waals surface area contributed by atoms with Crippen LogP contribution in [0, 0.1) is 24.2 Å². The second kappa shape index (κ2) is 17.1. The molecule has 1 rings (SSSR count). The van der Waals surface area contributed by atoms with Gasteiger partial charge in [-0.3, -0.25) is 14.4 Å². The number of carboxylic acids is 1. The quantitative estimate of drug-likeness (QED) is 0.0911. The first-order valence-corrected chi connectivity index (χ1v) is 19.8. The molecule has 0 aliphatic heterocycles. The van der Waals surface area contributed by atoms with Crippen LogP contribution in [0.15, 0.2) is 22.6 Å². The van der Waals surface area contributed by atoms with Crippen LogP contribution in [0.1, 0.15) is 112 Å². The predicted octanol–water partition coefficient (Wildman–Crippen LogP) is 8.39. The average molecular weight is 666 g/mol. The summed E-state index contributed by atoms with van der Waals surface area (Å²) in [6.07, 6.45) is 4.67. The maximum Gasteiger partial charge on any atom is 0.305 e. The van der Waals surface area contributed by atoms with Crippen LogP contribution in [0.3, 0.4) is 0 Å². The van der Waals surface area contributed by atoms with Crippen LogP contribution in [0.5, 0.6) is 0 Å². The first kappa shape index (κ1) is 40.9. The molecule has 2 N–H and O–H groups in total. The van der Waals surface area contributed by atoms with Crippen molar-refractivity contribution in [3.05, 3.63) is 33.3 Å². The molecule has 45 heavy (non-hydrogen) atoms. The number of aryl methyl sites for hydroxylation is 1. The van der Waals surface area contributed by atoms with Gasteiger partial charge in [0, 0.05) is 30.1 Å². The monoisotopic (exact) mass is 665 g/mol. The lowest BCUT2D eigenvalue weighted by molar-refractivity contribution is -0.147. The number of aliphatic hydroxyl groups excluding tert-OH is 1. The lowest BCUT2D eigenvalue weighted by Gasteiger charge is -2.44. The van der Waals surface area contributed by atoms with E-state index in [9.17, 15) is 24.6 Å². The van der Waals surface area contributed by atoms with Gasteiger partial charge < -0.3 is 19.4 Å². The van der Waals surface area contributed by atoms with Gasteiger partial charge in [-0.1, -0.05) is 60.1 Å². The third-order valence-corrected chi connectivity index (χ3v) is 14.6. The first-order valence-electron chi connectivity index (χ1n) is 16.0. The second-order valence-corrected chi connectivity index (χ2v) is 20.6.